The molecular weight excluding hydrogens is 242 g/mol. The van der Waals surface area contributed by atoms with E-state index in [2.05, 4.69) is 12.1 Å². The predicted molar refractivity (Wildman–Crippen MR) is 76.1 cm³/mol. The van der Waals surface area contributed by atoms with Crippen LogP contribution in [0.15, 0.2) is 60.7 Å². The van der Waals surface area contributed by atoms with E-state index in [-0.39, 0.29) is 11.2 Å². The van der Waals surface area contributed by atoms with Gasteiger partial charge in [0.05, 0.1) is 0 Å². The number of carbonyl (C=O) groups is 1. The Labute approximate surface area is 111 Å². The van der Waals surface area contributed by atoms with Crippen LogP contribution in [-0.2, 0) is 10.5 Å². The van der Waals surface area contributed by atoms with Crippen molar-refractivity contribution >= 4 is 17.7 Å². The molecular formula is C15H15NOS. The number of thioether (sulfide) groups is 1. The zero-order valence-corrected chi connectivity index (χ0v) is 10.8. The topological polar surface area (TPSA) is 43.1 Å². The van der Waals surface area contributed by atoms with Crippen LogP contribution in [0.2, 0.25) is 0 Å². The summed E-state index contributed by atoms with van der Waals surface area (Å²) in [5, 5.41) is -0.286. The molecule has 18 heavy (non-hydrogen) atoms. The lowest BCUT2D eigenvalue weighted by Crippen LogP contribution is -2.19. The quantitative estimate of drug-likeness (QED) is 0.894. The van der Waals surface area contributed by atoms with Crippen molar-refractivity contribution in [3.05, 3.63) is 71.8 Å². The van der Waals surface area contributed by atoms with Gasteiger partial charge in [-0.25, -0.2) is 0 Å². The Bertz CT molecular complexity index is 498. The standard InChI is InChI=1S/C15H15NOS/c16-15(17)14(13-9-5-2-6-10-13)18-11-12-7-3-1-4-8-12/h1-10,14H,11H2,(H2,16,17)/t14-/m1/s1. The molecule has 0 saturated carbocycles. The molecule has 3 heteroatoms. The summed E-state index contributed by atoms with van der Waals surface area (Å²) < 4.78 is 0. The molecule has 0 bridgehead atoms. The zero-order valence-electron chi connectivity index (χ0n) is 9.95. The van der Waals surface area contributed by atoms with Crippen molar-refractivity contribution in [1.29, 1.82) is 0 Å². The van der Waals surface area contributed by atoms with E-state index in [4.69, 9.17) is 5.73 Å². The first-order valence-corrected chi connectivity index (χ1v) is 6.82. The van der Waals surface area contributed by atoms with Gasteiger partial charge in [0, 0.05) is 5.75 Å². The van der Waals surface area contributed by atoms with Crippen molar-refractivity contribution in [1.82, 2.24) is 0 Å². The summed E-state index contributed by atoms with van der Waals surface area (Å²) in [6, 6.07) is 19.7. The first-order valence-electron chi connectivity index (χ1n) is 5.77. The van der Waals surface area contributed by atoms with Gasteiger partial charge < -0.3 is 5.73 Å². The van der Waals surface area contributed by atoms with E-state index in [0.29, 0.717) is 0 Å². The average molecular weight is 257 g/mol. The maximum absolute atomic E-state index is 11.5. The number of rotatable bonds is 5. The number of primary amides is 1. The Morgan fingerprint density at radius 2 is 1.56 bits per heavy atom. The predicted octanol–water partition coefficient (Wildman–Crippen LogP) is 3.15. The minimum absolute atomic E-state index is 0.286. The Morgan fingerprint density at radius 3 is 2.11 bits per heavy atom. The Balaban J connectivity index is 2.06. The second kappa shape index (κ2) is 6.26. The monoisotopic (exact) mass is 257 g/mol. The third-order valence-electron chi connectivity index (χ3n) is 2.62. The first-order chi connectivity index (χ1) is 8.77. The van der Waals surface area contributed by atoms with Crippen molar-refractivity contribution in [3.8, 4) is 0 Å². The van der Waals surface area contributed by atoms with Crippen molar-refractivity contribution in [3.63, 3.8) is 0 Å². The normalized spacial score (nSPS) is 12.0. The summed E-state index contributed by atoms with van der Waals surface area (Å²) in [5.74, 6) is 0.491. The highest BCUT2D eigenvalue weighted by atomic mass is 32.2. The molecule has 0 aliphatic carbocycles. The molecule has 1 amide bonds. The summed E-state index contributed by atoms with van der Waals surface area (Å²) in [7, 11) is 0. The molecule has 2 aromatic carbocycles. The van der Waals surface area contributed by atoms with Gasteiger partial charge in [0.25, 0.3) is 0 Å². The smallest absolute Gasteiger partial charge is 0.235 e. The first kappa shape index (κ1) is 12.7. The van der Waals surface area contributed by atoms with Crippen LogP contribution in [-0.4, -0.2) is 5.91 Å². The van der Waals surface area contributed by atoms with Gasteiger partial charge in [0.1, 0.15) is 5.25 Å². The van der Waals surface area contributed by atoms with Crippen molar-refractivity contribution in [2.24, 2.45) is 5.73 Å². The van der Waals surface area contributed by atoms with E-state index in [1.54, 1.807) is 11.8 Å². The number of benzene rings is 2. The van der Waals surface area contributed by atoms with Crippen LogP contribution in [0, 0.1) is 0 Å². The molecule has 0 heterocycles. The molecule has 0 unspecified atom stereocenters. The summed E-state index contributed by atoms with van der Waals surface area (Å²) in [6.07, 6.45) is 0. The van der Waals surface area contributed by atoms with Crippen LogP contribution in [0.5, 0.6) is 0 Å². The van der Waals surface area contributed by atoms with E-state index in [1.807, 2.05) is 48.5 Å². The molecule has 0 aliphatic rings. The lowest BCUT2D eigenvalue weighted by molar-refractivity contribution is -0.117. The van der Waals surface area contributed by atoms with Crippen LogP contribution >= 0.6 is 11.8 Å². The van der Waals surface area contributed by atoms with Gasteiger partial charge in [-0.15, -0.1) is 11.8 Å². The highest BCUT2D eigenvalue weighted by molar-refractivity contribution is 7.99. The van der Waals surface area contributed by atoms with Gasteiger partial charge in [0.15, 0.2) is 0 Å². The summed E-state index contributed by atoms with van der Waals surface area (Å²) >= 11 is 1.56. The molecule has 0 aliphatic heterocycles. The lowest BCUT2D eigenvalue weighted by atomic mass is 10.1. The molecule has 0 fully saturated rings. The second-order valence-electron chi connectivity index (χ2n) is 3.99. The highest BCUT2D eigenvalue weighted by Gasteiger charge is 2.17. The molecule has 0 saturated heterocycles. The minimum Gasteiger partial charge on any atom is -0.368 e. The van der Waals surface area contributed by atoms with Crippen LogP contribution in [0.1, 0.15) is 16.4 Å². The maximum atomic E-state index is 11.5. The summed E-state index contributed by atoms with van der Waals surface area (Å²) in [4.78, 5) is 11.5. The molecule has 92 valence electrons. The SMILES string of the molecule is NC(=O)[C@H](SCc1ccccc1)c1ccccc1. The van der Waals surface area contributed by atoms with E-state index in [1.165, 1.54) is 5.56 Å². The van der Waals surface area contributed by atoms with E-state index in [9.17, 15) is 4.79 Å². The fourth-order valence-corrected chi connectivity index (χ4v) is 2.79. The largest absolute Gasteiger partial charge is 0.368 e. The van der Waals surface area contributed by atoms with Crippen LogP contribution in [0.25, 0.3) is 0 Å². The number of nitrogens with two attached hydrogens (primary N) is 1. The van der Waals surface area contributed by atoms with Gasteiger partial charge in [0.2, 0.25) is 5.91 Å². The minimum atomic E-state index is -0.290. The van der Waals surface area contributed by atoms with E-state index < -0.39 is 0 Å². The van der Waals surface area contributed by atoms with Crippen LogP contribution < -0.4 is 5.73 Å². The fraction of sp³-hybridized carbons (Fsp3) is 0.133. The van der Waals surface area contributed by atoms with Gasteiger partial charge in [-0.3, -0.25) is 4.79 Å². The zero-order chi connectivity index (χ0) is 12.8. The third-order valence-corrected chi connectivity index (χ3v) is 3.96. The van der Waals surface area contributed by atoms with Crippen molar-refractivity contribution < 1.29 is 4.79 Å². The van der Waals surface area contributed by atoms with Crippen LogP contribution in [0.3, 0.4) is 0 Å². The Hall–Kier alpha value is -1.74. The van der Waals surface area contributed by atoms with Gasteiger partial charge in [-0.05, 0) is 11.1 Å². The Kier molecular flexibility index (Phi) is 4.42. The lowest BCUT2D eigenvalue weighted by Gasteiger charge is -2.13. The molecule has 2 nitrogen and oxygen atoms in total. The summed E-state index contributed by atoms with van der Waals surface area (Å²) in [6.45, 7) is 0. The third kappa shape index (κ3) is 3.37. The fourth-order valence-electron chi connectivity index (χ4n) is 1.72. The van der Waals surface area contributed by atoms with Gasteiger partial charge in [-0.2, -0.15) is 0 Å². The molecule has 1 atom stereocenters. The van der Waals surface area contributed by atoms with Gasteiger partial charge >= 0.3 is 0 Å². The van der Waals surface area contributed by atoms with E-state index in [0.717, 1.165) is 11.3 Å². The molecule has 0 radical (unpaired) electrons. The molecule has 2 aromatic rings. The number of hydrogen-bond acceptors (Lipinski definition) is 2. The van der Waals surface area contributed by atoms with Crippen molar-refractivity contribution in [2.75, 3.05) is 0 Å². The molecule has 0 aromatic heterocycles. The maximum Gasteiger partial charge on any atom is 0.235 e. The van der Waals surface area contributed by atoms with E-state index >= 15 is 0 Å². The molecule has 2 rings (SSSR count). The summed E-state index contributed by atoms with van der Waals surface area (Å²) in [5.41, 5.74) is 7.64. The number of carbonyl (C=O) groups excluding carboxylic acids is 1. The highest BCUT2D eigenvalue weighted by Crippen LogP contribution is 2.31. The van der Waals surface area contributed by atoms with Crippen LogP contribution in [0.4, 0.5) is 0 Å². The van der Waals surface area contributed by atoms with Crippen molar-refractivity contribution in [2.45, 2.75) is 11.0 Å². The van der Waals surface area contributed by atoms with Gasteiger partial charge in [-0.1, -0.05) is 60.7 Å². The Morgan fingerprint density at radius 1 is 1.00 bits per heavy atom. The second-order valence-corrected chi connectivity index (χ2v) is 5.08. The number of hydrogen-bond donors (Lipinski definition) is 1. The number of amides is 1. The average Bonchev–Trinajstić information content (AvgIpc) is 2.41. The molecule has 2 N–H and O–H groups in total. The molecule has 0 spiro atoms.